The molecule has 0 bridgehead atoms. The molecule has 2 atom stereocenters. The van der Waals surface area contributed by atoms with E-state index in [9.17, 15) is 9.90 Å². The average Bonchev–Trinajstić information content (AvgIpc) is 3.00. The van der Waals surface area contributed by atoms with Gasteiger partial charge in [0.05, 0.1) is 12.1 Å². The lowest BCUT2D eigenvalue weighted by Crippen LogP contribution is -2.40. The lowest BCUT2D eigenvalue weighted by molar-refractivity contribution is -0.123. The summed E-state index contributed by atoms with van der Waals surface area (Å²) in [6.45, 7) is 3.11. The minimum atomic E-state index is -0.414. The molecule has 0 aromatic carbocycles. The Morgan fingerprint density at radius 1 is 1.41 bits per heavy atom. The number of aliphatic hydroxyl groups is 1. The normalized spacial score (nSPS) is 25.2. The first kappa shape index (κ1) is 15.2. The largest absolute Gasteiger partial charge is 0.392 e. The maximum atomic E-state index is 12.0. The second-order valence-corrected chi connectivity index (χ2v) is 6.14. The van der Waals surface area contributed by atoms with Gasteiger partial charge in [-0.25, -0.2) is 4.98 Å². The number of aliphatic hydroxyl groups excluding tert-OH is 1. The topological polar surface area (TPSA) is 77.5 Å². The van der Waals surface area contributed by atoms with Gasteiger partial charge in [0.25, 0.3) is 0 Å². The molecule has 0 spiro atoms. The highest BCUT2D eigenvalue weighted by Gasteiger charge is 2.27. The van der Waals surface area contributed by atoms with Crippen LogP contribution in [0.1, 0.15) is 31.2 Å². The van der Waals surface area contributed by atoms with E-state index in [0.29, 0.717) is 19.5 Å². The molecule has 2 aliphatic heterocycles. The molecule has 2 fully saturated rings. The van der Waals surface area contributed by atoms with Crippen molar-refractivity contribution in [3.8, 4) is 0 Å². The number of β-amino-alcohol motifs (C(OH)–C–C–N with tert-alkyl or cyclic N) is 1. The van der Waals surface area contributed by atoms with E-state index >= 15 is 0 Å². The standard InChI is InChI=1S/C16H24N4O2/c21-13-9-14(18-11-13)16(22)19-10-12-4-5-17-15(8-12)20-6-2-1-3-7-20/h4-5,8,13-14,18,21H,1-3,6-7,9-11H2,(H,19,22). The number of carbonyl (C=O) groups excluding carboxylic acids is 1. The van der Waals surface area contributed by atoms with Crippen LogP contribution in [0.5, 0.6) is 0 Å². The van der Waals surface area contributed by atoms with Gasteiger partial charge in [-0.15, -0.1) is 0 Å². The minimum Gasteiger partial charge on any atom is -0.392 e. The summed E-state index contributed by atoms with van der Waals surface area (Å²) in [5, 5.41) is 15.4. The fraction of sp³-hybridized carbons (Fsp3) is 0.625. The number of piperidine rings is 1. The van der Waals surface area contributed by atoms with Crippen LogP contribution in [0.15, 0.2) is 18.3 Å². The van der Waals surface area contributed by atoms with E-state index in [4.69, 9.17) is 0 Å². The molecular weight excluding hydrogens is 280 g/mol. The van der Waals surface area contributed by atoms with Crippen LogP contribution in [0.3, 0.4) is 0 Å². The van der Waals surface area contributed by atoms with Crippen molar-refractivity contribution in [1.29, 1.82) is 0 Å². The quantitative estimate of drug-likeness (QED) is 0.751. The Kier molecular flexibility index (Phi) is 4.90. The van der Waals surface area contributed by atoms with E-state index in [0.717, 1.165) is 24.5 Å². The van der Waals surface area contributed by atoms with Gasteiger partial charge in [0.2, 0.25) is 5.91 Å². The van der Waals surface area contributed by atoms with Gasteiger partial charge >= 0.3 is 0 Å². The number of nitrogens with zero attached hydrogens (tertiary/aromatic N) is 2. The third-order valence-electron chi connectivity index (χ3n) is 4.38. The zero-order chi connectivity index (χ0) is 15.4. The highest BCUT2D eigenvalue weighted by atomic mass is 16.3. The molecule has 0 saturated carbocycles. The molecule has 0 aliphatic carbocycles. The van der Waals surface area contributed by atoms with Crippen LogP contribution in [0.4, 0.5) is 5.82 Å². The van der Waals surface area contributed by atoms with Crippen molar-refractivity contribution in [3.05, 3.63) is 23.9 Å². The summed E-state index contributed by atoms with van der Waals surface area (Å²) in [6.07, 6.45) is 5.62. The van der Waals surface area contributed by atoms with Crippen molar-refractivity contribution in [2.24, 2.45) is 0 Å². The predicted molar refractivity (Wildman–Crippen MR) is 84.6 cm³/mol. The molecule has 2 aliphatic rings. The summed E-state index contributed by atoms with van der Waals surface area (Å²) in [6, 6.07) is 3.71. The summed E-state index contributed by atoms with van der Waals surface area (Å²) in [5.41, 5.74) is 1.06. The van der Waals surface area contributed by atoms with E-state index in [-0.39, 0.29) is 11.9 Å². The Bertz CT molecular complexity index is 517. The number of hydrogen-bond acceptors (Lipinski definition) is 5. The van der Waals surface area contributed by atoms with Gasteiger partial charge in [0, 0.05) is 32.4 Å². The van der Waals surface area contributed by atoms with Crippen LogP contribution in [-0.2, 0) is 11.3 Å². The van der Waals surface area contributed by atoms with Crippen molar-refractivity contribution in [3.63, 3.8) is 0 Å². The smallest absolute Gasteiger partial charge is 0.237 e. The van der Waals surface area contributed by atoms with Crippen LogP contribution >= 0.6 is 0 Å². The highest BCUT2D eigenvalue weighted by molar-refractivity contribution is 5.82. The van der Waals surface area contributed by atoms with Gasteiger partial charge in [-0.2, -0.15) is 0 Å². The molecule has 6 heteroatoms. The molecule has 120 valence electrons. The van der Waals surface area contributed by atoms with Gasteiger partial charge in [0.15, 0.2) is 0 Å². The Morgan fingerprint density at radius 2 is 2.23 bits per heavy atom. The van der Waals surface area contributed by atoms with Crippen LogP contribution in [-0.4, -0.2) is 47.8 Å². The maximum absolute atomic E-state index is 12.0. The van der Waals surface area contributed by atoms with E-state index in [1.165, 1.54) is 19.3 Å². The number of carbonyl (C=O) groups is 1. The molecule has 1 aromatic heterocycles. The highest BCUT2D eigenvalue weighted by Crippen LogP contribution is 2.18. The summed E-state index contributed by atoms with van der Waals surface area (Å²) in [7, 11) is 0. The van der Waals surface area contributed by atoms with Gasteiger partial charge in [-0.05, 0) is 43.4 Å². The van der Waals surface area contributed by atoms with E-state index in [2.05, 4.69) is 26.6 Å². The Labute approximate surface area is 130 Å². The van der Waals surface area contributed by atoms with Crippen molar-refractivity contribution >= 4 is 11.7 Å². The third kappa shape index (κ3) is 3.75. The van der Waals surface area contributed by atoms with Crippen molar-refractivity contribution in [2.45, 2.75) is 44.4 Å². The zero-order valence-corrected chi connectivity index (χ0v) is 12.8. The van der Waals surface area contributed by atoms with Crippen molar-refractivity contribution < 1.29 is 9.90 Å². The third-order valence-corrected chi connectivity index (χ3v) is 4.38. The van der Waals surface area contributed by atoms with Crippen LogP contribution < -0.4 is 15.5 Å². The molecule has 2 saturated heterocycles. The lowest BCUT2D eigenvalue weighted by Gasteiger charge is -2.28. The first-order valence-corrected chi connectivity index (χ1v) is 8.11. The molecule has 6 nitrogen and oxygen atoms in total. The van der Waals surface area contributed by atoms with E-state index < -0.39 is 6.10 Å². The molecule has 3 rings (SSSR count). The maximum Gasteiger partial charge on any atom is 0.237 e. The number of anilines is 1. The number of nitrogens with one attached hydrogen (secondary N) is 2. The number of aromatic nitrogens is 1. The fourth-order valence-electron chi connectivity index (χ4n) is 3.10. The monoisotopic (exact) mass is 304 g/mol. The summed E-state index contributed by atoms with van der Waals surface area (Å²) >= 11 is 0. The second-order valence-electron chi connectivity index (χ2n) is 6.14. The zero-order valence-electron chi connectivity index (χ0n) is 12.8. The molecule has 2 unspecified atom stereocenters. The average molecular weight is 304 g/mol. The SMILES string of the molecule is O=C(NCc1ccnc(N2CCCCC2)c1)C1CC(O)CN1. The second kappa shape index (κ2) is 7.07. The van der Waals surface area contributed by atoms with Crippen LogP contribution in [0.2, 0.25) is 0 Å². The number of hydrogen-bond donors (Lipinski definition) is 3. The summed E-state index contributed by atoms with van der Waals surface area (Å²) in [5.74, 6) is 0.953. The lowest BCUT2D eigenvalue weighted by atomic mass is 10.1. The van der Waals surface area contributed by atoms with Gasteiger partial charge in [-0.3, -0.25) is 4.79 Å². The summed E-state index contributed by atoms with van der Waals surface area (Å²) < 4.78 is 0. The van der Waals surface area contributed by atoms with Gasteiger partial charge < -0.3 is 20.6 Å². The fourth-order valence-corrected chi connectivity index (χ4v) is 3.10. The molecule has 1 aromatic rings. The van der Waals surface area contributed by atoms with Crippen molar-refractivity contribution in [2.75, 3.05) is 24.5 Å². The van der Waals surface area contributed by atoms with Gasteiger partial charge in [0.1, 0.15) is 5.82 Å². The predicted octanol–water partition coefficient (Wildman–Crippen LogP) is 0.411. The van der Waals surface area contributed by atoms with E-state index in [1.54, 1.807) is 0 Å². The van der Waals surface area contributed by atoms with Crippen LogP contribution in [0.25, 0.3) is 0 Å². The molecule has 3 heterocycles. The Balaban J connectivity index is 1.55. The first-order chi connectivity index (χ1) is 10.7. The van der Waals surface area contributed by atoms with Gasteiger partial charge in [-0.1, -0.05) is 0 Å². The molecule has 3 N–H and O–H groups in total. The molecule has 1 amide bonds. The van der Waals surface area contributed by atoms with E-state index in [1.807, 2.05) is 12.3 Å². The molecule has 22 heavy (non-hydrogen) atoms. The van der Waals surface area contributed by atoms with Crippen LogP contribution in [0, 0.1) is 0 Å². The minimum absolute atomic E-state index is 0.0483. The number of amides is 1. The van der Waals surface area contributed by atoms with Crippen molar-refractivity contribution in [1.82, 2.24) is 15.6 Å². The summed E-state index contributed by atoms with van der Waals surface area (Å²) in [4.78, 5) is 18.8. The number of pyridine rings is 1. The Hall–Kier alpha value is -1.66. The first-order valence-electron chi connectivity index (χ1n) is 8.11. The molecular formula is C16H24N4O2. The molecule has 0 radical (unpaired) electrons. The Morgan fingerprint density at radius 3 is 2.95 bits per heavy atom. The number of rotatable bonds is 4.